The van der Waals surface area contributed by atoms with Crippen molar-refractivity contribution in [1.29, 1.82) is 0 Å². The summed E-state index contributed by atoms with van der Waals surface area (Å²) in [5.74, 6) is 1.06. The van der Waals surface area contributed by atoms with Crippen molar-refractivity contribution in [3.8, 4) is 5.75 Å². The second-order valence-electron chi connectivity index (χ2n) is 5.51. The largest absolute Gasteiger partial charge is 0.493 e. The molecular formula is C16H25ClN2O2. The minimum absolute atomic E-state index is 0. The van der Waals surface area contributed by atoms with Crippen LogP contribution in [0.5, 0.6) is 5.75 Å². The van der Waals surface area contributed by atoms with Gasteiger partial charge in [-0.3, -0.25) is 4.79 Å². The Labute approximate surface area is 133 Å². The van der Waals surface area contributed by atoms with E-state index in [9.17, 15) is 4.79 Å². The number of halogens is 1. The van der Waals surface area contributed by atoms with Crippen LogP contribution in [0.15, 0.2) is 18.2 Å². The zero-order valence-electron chi connectivity index (χ0n) is 13.0. The maximum absolute atomic E-state index is 12.2. The maximum Gasteiger partial charge on any atom is 0.226 e. The third-order valence-corrected chi connectivity index (χ3v) is 3.73. The number of ether oxygens (including phenoxy) is 1. The van der Waals surface area contributed by atoms with Crippen LogP contribution in [-0.2, 0) is 4.79 Å². The molecule has 2 rings (SSSR count). The summed E-state index contributed by atoms with van der Waals surface area (Å²) in [6.07, 6.45) is 0.442. The van der Waals surface area contributed by atoms with Gasteiger partial charge in [0.15, 0.2) is 0 Å². The summed E-state index contributed by atoms with van der Waals surface area (Å²) in [6, 6.07) is 6.37. The number of carbonyl (C=O) groups is 1. The van der Waals surface area contributed by atoms with Crippen LogP contribution in [0.2, 0.25) is 0 Å². The Morgan fingerprint density at radius 1 is 1.43 bits per heavy atom. The lowest BCUT2D eigenvalue weighted by Gasteiger charge is -2.34. The summed E-state index contributed by atoms with van der Waals surface area (Å²) in [5.41, 5.74) is 2.34. The number of rotatable bonds is 4. The third kappa shape index (κ3) is 4.90. The minimum atomic E-state index is 0. The van der Waals surface area contributed by atoms with Crippen LogP contribution in [0.25, 0.3) is 0 Å². The van der Waals surface area contributed by atoms with Crippen LogP contribution in [0.3, 0.4) is 0 Å². The van der Waals surface area contributed by atoms with Crippen LogP contribution in [0, 0.1) is 13.8 Å². The lowest BCUT2D eigenvalue weighted by Crippen LogP contribution is -2.52. The molecule has 4 nitrogen and oxygen atoms in total. The maximum atomic E-state index is 12.2. The number of carbonyl (C=O) groups excluding carboxylic acids is 1. The van der Waals surface area contributed by atoms with Crippen molar-refractivity contribution in [2.45, 2.75) is 33.2 Å². The molecule has 1 atom stereocenters. The molecule has 1 aromatic carbocycles. The summed E-state index contributed by atoms with van der Waals surface area (Å²) < 4.78 is 5.73. The smallest absolute Gasteiger partial charge is 0.226 e. The fourth-order valence-electron chi connectivity index (χ4n) is 2.56. The number of nitrogens with zero attached hydrogens (tertiary/aromatic N) is 1. The number of amides is 1. The Kier molecular flexibility index (Phi) is 6.99. The van der Waals surface area contributed by atoms with Gasteiger partial charge in [-0.2, -0.15) is 0 Å². The van der Waals surface area contributed by atoms with Gasteiger partial charge in [-0.1, -0.05) is 17.7 Å². The number of hydrogen-bond acceptors (Lipinski definition) is 3. The van der Waals surface area contributed by atoms with Crippen molar-refractivity contribution in [3.05, 3.63) is 29.3 Å². The van der Waals surface area contributed by atoms with Crippen molar-refractivity contribution in [2.75, 3.05) is 26.2 Å². The van der Waals surface area contributed by atoms with Gasteiger partial charge in [-0.25, -0.2) is 0 Å². The van der Waals surface area contributed by atoms with Gasteiger partial charge < -0.3 is 15.0 Å². The highest BCUT2D eigenvalue weighted by atomic mass is 35.5. The molecule has 21 heavy (non-hydrogen) atoms. The molecule has 1 N–H and O–H groups in total. The van der Waals surface area contributed by atoms with Gasteiger partial charge in [0.05, 0.1) is 13.0 Å². The monoisotopic (exact) mass is 312 g/mol. The molecule has 118 valence electrons. The molecule has 1 fully saturated rings. The molecule has 0 aliphatic carbocycles. The van der Waals surface area contributed by atoms with E-state index in [1.54, 1.807) is 0 Å². The summed E-state index contributed by atoms with van der Waals surface area (Å²) in [5, 5.41) is 3.29. The van der Waals surface area contributed by atoms with Crippen molar-refractivity contribution in [1.82, 2.24) is 10.2 Å². The van der Waals surface area contributed by atoms with E-state index in [0.717, 1.165) is 30.9 Å². The second-order valence-corrected chi connectivity index (χ2v) is 5.51. The van der Waals surface area contributed by atoms with Crippen LogP contribution >= 0.6 is 12.4 Å². The Hall–Kier alpha value is -1.26. The zero-order valence-corrected chi connectivity index (χ0v) is 13.8. The Bertz CT molecular complexity index is 479. The van der Waals surface area contributed by atoms with E-state index < -0.39 is 0 Å². The van der Waals surface area contributed by atoms with Crippen molar-refractivity contribution < 1.29 is 9.53 Å². The molecule has 0 bridgehead atoms. The molecule has 1 unspecified atom stereocenters. The van der Waals surface area contributed by atoms with Gasteiger partial charge in [0.1, 0.15) is 5.75 Å². The molecule has 1 aliphatic rings. The van der Waals surface area contributed by atoms with E-state index in [1.807, 2.05) is 24.0 Å². The predicted molar refractivity (Wildman–Crippen MR) is 87.3 cm³/mol. The Balaban J connectivity index is 0.00000220. The first-order valence-corrected chi connectivity index (χ1v) is 7.28. The van der Waals surface area contributed by atoms with Gasteiger partial charge in [0.25, 0.3) is 0 Å². The van der Waals surface area contributed by atoms with E-state index >= 15 is 0 Å². The highest BCUT2D eigenvalue weighted by Gasteiger charge is 2.22. The van der Waals surface area contributed by atoms with Crippen LogP contribution in [0.1, 0.15) is 24.5 Å². The van der Waals surface area contributed by atoms with E-state index in [2.05, 4.69) is 25.2 Å². The first-order chi connectivity index (χ1) is 9.58. The van der Waals surface area contributed by atoms with E-state index in [4.69, 9.17) is 4.74 Å². The van der Waals surface area contributed by atoms with E-state index in [0.29, 0.717) is 13.0 Å². The van der Waals surface area contributed by atoms with Crippen LogP contribution in [-0.4, -0.2) is 43.1 Å². The highest BCUT2D eigenvalue weighted by molar-refractivity contribution is 5.85. The number of piperazine rings is 1. The average molecular weight is 313 g/mol. The lowest BCUT2D eigenvalue weighted by atomic mass is 10.1. The Morgan fingerprint density at radius 2 is 2.19 bits per heavy atom. The first-order valence-electron chi connectivity index (χ1n) is 7.28. The summed E-state index contributed by atoms with van der Waals surface area (Å²) in [4.78, 5) is 14.1. The number of benzene rings is 1. The molecule has 0 aromatic heterocycles. The summed E-state index contributed by atoms with van der Waals surface area (Å²) in [7, 11) is 0. The normalized spacial score (nSPS) is 18.0. The van der Waals surface area contributed by atoms with E-state index in [1.165, 1.54) is 5.56 Å². The Morgan fingerprint density at radius 3 is 2.86 bits per heavy atom. The zero-order chi connectivity index (χ0) is 14.5. The molecule has 1 saturated heterocycles. The van der Waals surface area contributed by atoms with Gasteiger partial charge in [0.2, 0.25) is 5.91 Å². The average Bonchev–Trinajstić information content (AvgIpc) is 2.41. The van der Waals surface area contributed by atoms with Crippen molar-refractivity contribution in [2.24, 2.45) is 0 Å². The summed E-state index contributed by atoms with van der Waals surface area (Å²) >= 11 is 0. The van der Waals surface area contributed by atoms with Gasteiger partial charge in [0, 0.05) is 25.7 Å². The molecule has 0 saturated carbocycles. The minimum Gasteiger partial charge on any atom is -0.493 e. The van der Waals surface area contributed by atoms with Gasteiger partial charge in [-0.15, -0.1) is 12.4 Å². The molecule has 5 heteroatoms. The SMILES string of the molecule is Cc1ccc(OCCC(=O)N2CCNCC2C)c(C)c1.Cl. The van der Waals surface area contributed by atoms with E-state index in [-0.39, 0.29) is 24.4 Å². The number of aryl methyl sites for hydroxylation is 2. The highest BCUT2D eigenvalue weighted by Crippen LogP contribution is 2.19. The first kappa shape index (κ1) is 17.8. The molecule has 0 spiro atoms. The predicted octanol–water partition coefficient (Wildman–Crippen LogP) is 2.31. The van der Waals surface area contributed by atoms with Gasteiger partial charge >= 0.3 is 0 Å². The summed E-state index contributed by atoms with van der Waals surface area (Å²) in [6.45, 7) is 9.17. The molecule has 1 amide bonds. The fourth-order valence-corrected chi connectivity index (χ4v) is 2.56. The number of hydrogen-bond donors (Lipinski definition) is 1. The quantitative estimate of drug-likeness (QED) is 0.927. The molecule has 0 radical (unpaired) electrons. The molecule has 1 aromatic rings. The number of nitrogens with one attached hydrogen (secondary N) is 1. The van der Waals surface area contributed by atoms with Gasteiger partial charge in [-0.05, 0) is 32.4 Å². The molecule has 1 heterocycles. The topological polar surface area (TPSA) is 41.6 Å². The standard InChI is InChI=1S/C16H24N2O2.ClH/c1-12-4-5-15(13(2)10-12)20-9-6-16(19)18-8-7-17-11-14(18)3;/h4-5,10,14,17H,6-9,11H2,1-3H3;1H. The fraction of sp³-hybridized carbons (Fsp3) is 0.562. The molecular weight excluding hydrogens is 288 g/mol. The van der Waals surface area contributed by atoms with Crippen molar-refractivity contribution in [3.63, 3.8) is 0 Å². The molecule has 1 aliphatic heterocycles. The lowest BCUT2D eigenvalue weighted by molar-refractivity contribution is -0.134. The third-order valence-electron chi connectivity index (χ3n) is 3.73. The van der Waals surface area contributed by atoms with Crippen molar-refractivity contribution >= 4 is 18.3 Å². The second kappa shape index (κ2) is 8.25. The van der Waals surface area contributed by atoms with Crippen LogP contribution < -0.4 is 10.1 Å². The van der Waals surface area contributed by atoms with Crippen LogP contribution in [0.4, 0.5) is 0 Å².